The van der Waals surface area contributed by atoms with Crippen molar-refractivity contribution in [3.63, 3.8) is 0 Å². The molecule has 0 aliphatic carbocycles. The Morgan fingerprint density at radius 2 is 2.05 bits per heavy atom. The fourth-order valence-corrected chi connectivity index (χ4v) is 2.05. The Hall–Kier alpha value is -2.64. The van der Waals surface area contributed by atoms with E-state index in [4.69, 9.17) is 4.52 Å². The predicted molar refractivity (Wildman–Crippen MR) is 60.9 cm³/mol. The highest BCUT2D eigenvalue weighted by atomic mass is 19.1. The Kier molecular flexibility index (Phi) is 2.60. The molecular weight excluding hydrogens is 272 g/mol. The summed E-state index contributed by atoms with van der Waals surface area (Å²) >= 11 is 0. The number of amides is 1. The predicted octanol–water partition coefficient (Wildman–Crippen LogP) is 1.39. The lowest BCUT2D eigenvalue weighted by Gasteiger charge is -2.14. The minimum Gasteiger partial charge on any atom is -0.340 e. The van der Waals surface area contributed by atoms with Crippen molar-refractivity contribution in [1.82, 2.24) is 10.1 Å². The molecule has 6 nitrogen and oxygen atoms in total. The summed E-state index contributed by atoms with van der Waals surface area (Å²) in [4.78, 5) is 28.3. The van der Waals surface area contributed by atoms with Gasteiger partial charge in [-0.1, -0.05) is 5.16 Å². The molecule has 2 aromatic rings. The van der Waals surface area contributed by atoms with E-state index in [2.05, 4.69) is 10.1 Å². The quantitative estimate of drug-likeness (QED) is 0.776. The van der Waals surface area contributed by atoms with Crippen molar-refractivity contribution < 1.29 is 22.9 Å². The lowest BCUT2D eigenvalue weighted by Crippen LogP contribution is -2.30. The van der Waals surface area contributed by atoms with E-state index in [1.54, 1.807) is 6.92 Å². The van der Waals surface area contributed by atoms with Crippen LogP contribution in [0.15, 0.2) is 16.7 Å². The lowest BCUT2D eigenvalue weighted by atomic mass is 10.1. The summed E-state index contributed by atoms with van der Waals surface area (Å²) in [7, 11) is 0. The molecule has 2 heterocycles. The molecule has 0 N–H and O–H groups in total. The molecule has 1 amide bonds. The Morgan fingerprint density at radius 3 is 2.70 bits per heavy atom. The summed E-state index contributed by atoms with van der Waals surface area (Å²) in [6, 6.07) is 1.44. The average Bonchev–Trinajstić information content (AvgIpc) is 2.88. The van der Waals surface area contributed by atoms with E-state index in [0.29, 0.717) is 6.07 Å². The number of aryl methyl sites for hydroxylation is 1. The number of rotatable bonds is 2. The highest BCUT2D eigenvalue weighted by Crippen LogP contribution is 2.33. The molecule has 0 saturated heterocycles. The van der Waals surface area contributed by atoms with E-state index in [0.717, 1.165) is 11.0 Å². The summed E-state index contributed by atoms with van der Waals surface area (Å²) in [5.41, 5.74) is -0.559. The van der Waals surface area contributed by atoms with Gasteiger partial charge in [0.15, 0.2) is 11.6 Å². The van der Waals surface area contributed by atoms with E-state index >= 15 is 0 Å². The van der Waals surface area contributed by atoms with Crippen molar-refractivity contribution in [2.75, 3.05) is 4.90 Å². The first kappa shape index (κ1) is 12.4. The molecule has 102 valence electrons. The molecule has 3 rings (SSSR count). The fraction of sp³-hybridized carbons (Fsp3) is 0.167. The summed E-state index contributed by atoms with van der Waals surface area (Å²) in [5, 5.41) is 3.57. The molecular formula is C12H7F2N3O3. The van der Waals surface area contributed by atoms with Gasteiger partial charge in [-0.2, -0.15) is 4.98 Å². The molecule has 20 heavy (non-hydrogen) atoms. The summed E-state index contributed by atoms with van der Waals surface area (Å²) in [6.07, 6.45) is 0. The maximum absolute atomic E-state index is 13.8. The van der Waals surface area contributed by atoms with Gasteiger partial charge in [0.2, 0.25) is 5.89 Å². The second-order valence-corrected chi connectivity index (χ2v) is 4.23. The van der Waals surface area contributed by atoms with Crippen LogP contribution in [0.5, 0.6) is 0 Å². The maximum Gasteiger partial charge on any atom is 0.299 e. The topological polar surface area (TPSA) is 76.3 Å². The third kappa shape index (κ3) is 1.77. The SMILES string of the molecule is Cc1nc(CN2C(=O)C(=O)c3cc(F)cc(F)c32)no1. The highest BCUT2D eigenvalue weighted by Gasteiger charge is 2.39. The van der Waals surface area contributed by atoms with Crippen molar-refractivity contribution in [3.8, 4) is 0 Å². The van der Waals surface area contributed by atoms with Gasteiger partial charge in [-0.25, -0.2) is 8.78 Å². The number of Topliss-reactive ketones (excluding diaryl/α,β-unsaturated/α-hetero) is 1. The van der Waals surface area contributed by atoms with Crippen LogP contribution < -0.4 is 4.90 Å². The summed E-state index contributed by atoms with van der Waals surface area (Å²) < 4.78 is 31.7. The van der Waals surface area contributed by atoms with Crippen LogP contribution in [-0.4, -0.2) is 21.8 Å². The second kappa shape index (κ2) is 4.19. The van der Waals surface area contributed by atoms with Crippen LogP contribution in [0.1, 0.15) is 22.1 Å². The Balaban J connectivity index is 2.06. The first-order valence-electron chi connectivity index (χ1n) is 5.62. The third-order valence-electron chi connectivity index (χ3n) is 2.85. The van der Waals surface area contributed by atoms with Crippen molar-refractivity contribution in [2.24, 2.45) is 0 Å². The number of carbonyl (C=O) groups is 2. The van der Waals surface area contributed by atoms with Gasteiger partial charge in [0.05, 0.1) is 17.8 Å². The molecule has 0 fully saturated rings. The maximum atomic E-state index is 13.8. The average molecular weight is 279 g/mol. The number of carbonyl (C=O) groups excluding carboxylic acids is 2. The number of halogens is 2. The Morgan fingerprint density at radius 1 is 1.30 bits per heavy atom. The van der Waals surface area contributed by atoms with E-state index < -0.39 is 23.3 Å². The molecule has 0 unspecified atom stereocenters. The third-order valence-corrected chi connectivity index (χ3v) is 2.85. The van der Waals surface area contributed by atoms with Gasteiger partial charge in [0.25, 0.3) is 11.7 Å². The zero-order chi connectivity index (χ0) is 14.4. The summed E-state index contributed by atoms with van der Waals surface area (Å²) in [5.74, 6) is -3.41. The second-order valence-electron chi connectivity index (χ2n) is 4.23. The first-order valence-corrected chi connectivity index (χ1v) is 5.62. The molecule has 1 aromatic carbocycles. The van der Waals surface area contributed by atoms with Crippen LogP contribution in [0.3, 0.4) is 0 Å². The van der Waals surface area contributed by atoms with Gasteiger partial charge in [-0.05, 0) is 6.07 Å². The van der Waals surface area contributed by atoms with Crippen LogP contribution in [0.2, 0.25) is 0 Å². The summed E-state index contributed by atoms with van der Waals surface area (Å²) in [6.45, 7) is 1.33. The van der Waals surface area contributed by atoms with Gasteiger partial charge in [0.1, 0.15) is 5.82 Å². The smallest absolute Gasteiger partial charge is 0.299 e. The van der Waals surface area contributed by atoms with Gasteiger partial charge >= 0.3 is 0 Å². The molecule has 1 aliphatic rings. The molecule has 0 saturated carbocycles. The lowest BCUT2D eigenvalue weighted by molar-refractivity contribution is -0.114. The number of nitrogens with zero attached hydrogens (tertiary/aromatic N) is 3. The van der Waals surface area contributed by atoms with Crippen LogP contribution in [0, 0.1) is 18.6 Å². The molecule has 0 spiro atoms. The van der Waals surface area contributed by atoms with Crippen LogP contribution in [-0.2, 0) is 11.3 Å². The van der Waals surface area contributed by atoms with Crippen molar-refractivity contribution >= 4 is 17.4 Å². The van der Waals surface area contributed by atoms with Gasteiger partial charge in [0, 0.05) is 13.0 Å². The number of aromatic nitrogens is 2. The number of hydrogen-bond acceptors (Lipinski definition) is 5. The number of benzene rings is 1. The zero-order valence-electron chi connectivity index (χ0n) is 10.2. The highest BCUT2D eigenvalue weighted by molar-refractivity contribution is 6.52. The largest absolute Gasteiger partial charge is 0.340 e. The van der Waals surface area contributed by atoms with E-state index in [-0.39, 0.29) is 29.5 Å². The van der Waals surface area contributed by atoms with Gasteiger partial charge < -0.3 is 4.52 Å². The van der Waals surface area contributed by atoms with E-state index in [1.807, 2.05) is 0 Å². The van der Waals surface area contributed by atoms with Crippen molar-refractivity contribution in [3.05, 3.63) is 41.0 Å². The van der Waals surface area contributed by atoms with E-state index in [9.17, 15) is 18.4 Å². The van der Waals surface area contributed by atoms with Gasteiger partial charge in [-0.15, -0.1) is 0 Å². The molecule has 0 bridgehead atoms. The normalized spacial score (nSPS) is 14.1. The standard InChI is InChI=1S/C12H7F2N3O3/c1-5-15-9(16-20-5)4-17-10-7(11(18)12(17)19)2-6(13)3-8(10)14/h2-3H,4H2,1H3. The van der Waals surface area contributed by atoms with Crippen molar-refractivity contribution in [2.45, 2.75) is 13.5 Å². The fourth-order valence-electron chi connectivity index (χ4n) is 2.05. The van der Waals surface area contributed by atoms with Crippen LogP contribution >= 0.6 is 0 Å². The Labute approximate surface area is 111 Å². The van der Waals surface area contributed by atoms with E-state index in [1.165, 1.54) is 0 Å². The molecule has 0 atom stereocenters. The van der Waals surface area contributed by atoms with Crippen LogP contribution in [0.25, 0.3) is 0 Å². The number of anilines is 1. The molecule has 8 heteroatoms. The molecule has 0 radical (unpaired) electrons. The van der Waals surface area contributed by atoms with Crippen LogP contribution in [0.4, 0.5) is 14.5 Å². The number of fused-ring (bicyclic) bond motifs is 1. The number of ketones is 1. The molecule has 1 aliphatic heterocycles. The van der Waals surface area contributed by atoms with Gasteiger partial charge in [-0.3, -0.25) is 14.5 Å². The molecule has 1 aromatic heterocycles. The monoisotopic (exact) mass is 279 g/mol. The van der Waals surface area contributed by atoms with Crippen molar-refractivity contribution in [1.29, 1.82) is 0 Å². The minimum absolute atomic E-state index is 0.125. The Bertz CT molecular complexity index is 742. The minimum atomic E-state index is -0.987. The zero-order valence-corrected chi connectivity index (χ0v) is 10.2. The first-order chi connectivity index (χ1) is 9.47. The number of hydrogen-bond donors (Lipinski definition) is 0.